The van der Waals surface area contributed by atoms with Crippen LogP contribution < -0.4 is 5.73 Å². The molecule has 0 aromatic heterocycles. The summed E-state index contributed by atoms with van der Waals surface area (Å²) in [6, 6.07) is 14.3. The van der Waals surface area contributed by atoms with Gasteiger partial charge in [0, 0.05) is 25.3 Å². The molecule has 0 saturated heterocycles. The topological polar surface area (TPSA) is 26.0 Å². The highest BCUT2D eigenvalue weighted by atomic mass is 79.9. The van der Waals surface area contributed by atoms with Gasteiger partial charge in [0.1, 0.15) is 0 Å². The van der Waals surface area contributed by atoms with Gasteiger partial charge in [-0.05, 0) is 51.8 Å². The maximum absolute atomic E-state index is 5.71. The van der Waals surface area contributed by atoms with Crippen molar-refractivity contribution in [3.05, 3.63) is 57.0 Å². The molecule has 0 atom stereocenters. The maximum Gasteiger partial charge on any atom is 0.0331 e. The van der Waals surface area contributed by atoms with Crippen molar-refractivity contribution in [2.45, 2.75) is 10.6 Å². The molecular weight excluding hydrogens is 362 g/mol. The second-order valence-electron chi connectivity index (χ2n) is 3.61. The van der Waals surface area contributed by atoms with Crippen LogP contribution in [0.4, 0.5) is 5.69 Å². The van der Waals surface area contributed by atoms with E-state index in [1.807, 2.05) is 18.2 Å². The Kier molecular flexibility index (Phi) is 4.54. The lowest BCUT2D eigenvalue weighted by atomic mass is 10.2. The summed E-state index contributed by atoms with van der Waals surface area (Å²) in [5.41, 5.74) is 7.80. The van der Waals surface area contributed by atoms with Crippen LogP contribution in [0.15, 0.2) is 56.3 Å². The van der Waals surface area contributed by atoms with Gasteiger partial charge in [-0.15, -0.1) is 11.8 Å². The highest BCUT2D eigenvalue weighted by molar-refractivity contribution is 9.10. The minimum Gasteiger partial charge on any atom is -0.399 e. The van der Waals surface area contributed by atoms with Gasteiger partial charge in [-0.25, -0.2) is 0 Å². The molecule has 2 aromatic carbocycles. The lowest BCUT2D eigenvalue weighted by molar-refractivity contribution is 1.36. The molecule has 0 fully saturated rings. The van der Waals surface area contributed by atoms with E-state index < -0.39 is 0 Å². The van der Waals surface area contributed by atoms with E-state index in [4.69, 9.17) is 5.73 Å². The van der Waals surface area contributed by atoms with E-state index in [1.54, 1.807) is 11.8 Å². The maximum atomic E-state index is 5.71. The number of nitrogen functional groups attached to an aromatic ring is 1. The summed E-state index contributed by atoms with van der Waals surface area (Å²) < 4.78 is 2.17. The van der Waals surface area contributed by atoms with E-state index in [0.29, 0.717) is 0 Å². The van der Waals surface area contributed by atoms with Crippen LogP contribution in [0.25, 0.3) is 0 Å². The molecule has 0 spiro atoms. The molecule has 0 bridgehead atoms. The van der Waals surface area contributed by atoms with Crippen molar-refractivity contribution in [2.75, 3.05) is 5.73 Å². The fourth-order valence-electron chi connectivity index (χ4n) is 1.38. The fraction of sp³-hybridized carbons (Fsp3) is 0.0769. The van der Waals surface area contributed by atoms with E-state index in [-0.39, 0.29) is 0 Å². The van der Waals surface area contributed by atoms with Gasteiger partial charge in [0.25, 0.3) is 0 Å². The summed E-state index contributed by atoms with van der Waals surface area (Å²) >= 11 is 8.75. The number of hydrogen-bond donors (Lipinski definition) is 1. The van der Waals surface area contributed by atoms with Gasteiger partial charge < -0.3 is 5.73 Å². The zero-order chi connectivity index (χ0) is 12.3. The quantitative estimate of drug-likeness (QED) is 0.600. The third-order valence-electron chi connectivity index (χ3n) is 2.26. The standard InChI is InChI=1S/C13H11Br2NS/c14-10-3-1-9(2-4-10)8-17-13-6-5-11(16)7-12(13)15/h1-7H,8,16H2. The third-order valence-corrected chi connectivity index (χ3v) is 4.86. The van der Waals surface area contributed by atoms with Gasteiger partial charge in [0.2, 0.25) is 0 Å². The molecule has 0 heterocycles. The Bertz CT molecular complexity index is 511. The van der Waals surface area contributed by atoms with Crippen molar-refractivity contribution in [3.8, 4) is 0 Å². The second kappa shape index (κ2) is 5.94. The summed E-state index contributed by atoms with van der Waals surface area (Å²) in [6.07, 6.45) is 0. The van der Waals surface area contributed by atoms with Crippen LogP contribution in [0, 0.1) is 0 Å². The number of anilines is 1. The highest BCUT2D eigenvalue weighted by Gasteiger charge is 2.01. The van der Waals surface area contributed by atoms with Crippen LogP contribution in [-0.2, 0) is 5.75 Å². The monoisotopic (exact) mass is 371 g/mol. The zero-order valence-corrected chi connectivity index (χ0v) is 13.0. The van der Waals surface area contributed by atoms with E-state index in [9.17, 15) is 0 Å². The van der Waals surface area contributed by atoms with Crippen LogP contribution in [-0.4, -0.2) is 0 Å². The summed E-state index contributed by atoms with van der Waals surface area (Å²) in [5.74, 6) is 0.954. The Balaban J connectivity index is 2.04. The predicted molar refractivity (Wildman–Crippen MR) is 82.3 cm³/mol. The number of rotatable bonds is 3. The van der Waals surface area contributed by atoms with Crippen LogP contribution in [0.2, 0.25) is 0 Å². The smallest absolute Gasteiger partial charge is 0.0331 e. The van der Waals surface area contributed by atoms with Crippen molar-refractivity contribution in [1.82, 2.24) is 0 Å². The molecule has 2 N–H and O–H groups in total. The third kappa shape index (κ3) is 3.76. The molecular formula is C13H11Br2NS. The van der Waals surface area contributed by atoms with E-state index in [0.717, 1.165) is 20.4 Å². The Morgan fingerprint density at radius 2 is 1.71 bits per heavy atom. The number of hydrogen-bond acceptors (Lipinski definition) is 2. The zero-order valence-electron chi connectivity index (χ0n) is 8.99. The molecule has 0 aliphatic carbocycles. The van der Waals surface area contributed by atoms with Crippen LogP contribution in [0.1, 0.15) is 5.56 Å². The molecule has 0 unspecified atom stereocenters. The van der Waals surface area contributed by atoms with Gasteiger partial charge in [0.15, 0.2) is 0 Å². The molecule has 0 aliphatic rings. The Morgan fingerprint density at radius 1 is 1.00 bits per heavy atom. The Labute approximate surface area is 122 Å². The lowest BCUT2D eigenvalue weighted by Crippen LogP contribution is -1.85. The first-order valence-corrected chi connectivity index (χ1v) is 7.64. The van der Waals surface area contributed by atoms with Crippen molar-refractivity contribution in [2.24, 2.45) is 0 Å². The van der Waals surface area contributed by atoms with Gasteiger partial charge >= 0.3 is 0 Å². The van der Waals surface area contributed by atoms with Crippen LogP contribution >= 0.6 is 43.6 Å². The van der Waals surface area contributed by atoms with Gasteiger partial charge in [-0.3, -0.25) is 0 Å². The summed E-state index contributed by atoms with van der Waals surface area (Å²) in [4.78, 5) is 1.21. The van der Waals surface area contributed by atoms with Gasteiger partial charge in [-0.1, -0.05) is 28.1 Å². The van der Waals surface area contributed by atoms with Gasteiger partial charge in [0.05, 0.1) is 0 Å². The molecule has 0 amide bonds. The van der Waals surface area contributed by atoms with Crippen molar-refractivity contribution in [1.29, 1.82) is 0 Å². The average Bonchev–Trinajstić information content (AvgIpc) is 2.30. The first kappa shape index (κ1) is 13.0. The van der Waals surface area contributed by atoms with Crippen molar-refractivity contribution >= 4 is 49.3 Å². The molecule has 1 nitrogen and oxygen atoms in total. The van der Waals surface area contributed by atoms with E-state index >= 15 is 0 Å². The minimum absolute atomic E-state index is 0.782. The number of nitrogens with two attached hydrogens (primary N) is 1. The average molecular weight is 373 g/mol. The van der Waals surface area contributed by atoms with Gasteiger partial charge in [-0.2, -0.15) is 0 Å². The molecule has 2 rings (SSSR count). The Morgan fingerprint density at radius 3 is 2.35 bits per heavy atom. The molecule has 0 radical (unpaired) electrons. The first-order valence-electron chi connectivity index (χ1n) is 5.07. The summed E-state index contributed by atoms with van der Waals surface area (Å²) in [6.45, 7) is 0. The number of thioether (sulfide) groups is 1. The number of benzene rings is 2. The summed E-state index contributed by atoms with van der Waals surface area (Å²) in [7, 11) is 0. The molecule has 88 valence electrons. The van der Waals surface area contributed by atoms with Crippen LogP contribution in [0.3, 0.4) is 0 Å². The predicted octanol–water partition coefficient (Wildman–Crippen LogP) is 5.09. The molecule has 0 saturated carbocycles. The SMILES string of the molecule is Nc1ccc(SCc2ccc(Br)cc2)c(Br)c1. The van der Waals surface area contributed by atoms with Crippen LogP contribution in [0.5, 0.6) is 0 Å². The van der Waals surface area contributed by atoms with Crippen molar-refractivity contribution < 1.29 is 0 Å². The van der Waals surface area contributed by atoms with E-state index in [1.165, 1.54) is 10.5 Å². The molecule has 17 heavy (non-hydrogen) atoms. The number of halogens is 2. The first-order chi connectivity index (χ1) is 8.15. The minimum atomic E-state index is 0.782. The second-order valence-corrected chi connectivity index (χ2v) is 6.39. The normalized spacial score (nSPS) is 10.5. The van der Waals surface area contributed by atoms with E-state index in [2.05, 4.69) is 56.1 Å². The highest BCUT2D eigenvalue weighted by Crippen LogP contribution is 2.31. The molecule has 0 aliphatic heterocycles. The summed E-state index contributed by atoms with van der Waals surface area (Å²) in [5, 5.41) is 0. The molecule has 2 aromatic rings. The lowest BCUT2D eigenvalue weighted by Gasteiger charge is -2.05. The molecule has 4 heteroatoms. The Hall–Kier alpha value is -0.450. The van der Waals surface area contributed by atoms with Crippen molar-refractivity contribution in [3.63, 3.8) is 0 Å². The largest absolute Gasteiger partial charge is 0.399 e. The fourth-order valence-corrected chi connectivity index (χ4v) is 3.26.